The Bertz CT molecular complexity index is 858. The molecule has 0 bridgehead atoms. The molecule has 0 saturated heterocycles. The van der Waals surface area contributed by atoms with Crippen LogP contribution in [0.2, 0.25) is 5.02 Å². The Kier molecular flexibility index (Phi) is 4.92. The van der Waals surface area contributed by atoms with Gasteiger partial charge in [0.2, 0.25) is 5.91 Å². The molecule has 1 aliphatic rings. The van der Waals surface area contributed by atoms with Crippen LogP contribution in [0.5, 0.6) is 5.75 Å². The Balaban J connectivity index is 1.90. The number of carbonyl (C=O) groups is 2. The predicted octanol–water partition coefficient (Wildman–Crippen LogP) is 4.25. The summed E-state index contributed by atoms with van der Waals surface area (Å²) in [7, 11) is 0. The highest BCUT2D eigenvalue weighted by atomic mass is 35.5. The van der Waals surface area contributed by atoms with Crippen LogP contribution in [0.25, 0.3) is 0 Å². The molecule has 0 aliphatic carbocycles. The van der Waals surface area contributed by atoms with Gasteiger partial charge in [-0.3, -0.25) is 9.59 Å². The average molecular weight is 373 g/mol. The SMILES string of the molecule is CC(C)(C)C(=O)Nc1ccc2c(c1)N(Cc1cccc(Cl)c1)C(=O)CO2. The van der Waals surface area contributed by atoms with Crippen molar-refractivity contribution in [2.24, 2.45) is 5.41 Å². The molecule has 0 radical (unpaired) electrons. The molecule has 2 aromatic rings. The fraction of sp³-hybridized carbons (Fsp3) is 0.300. The molecule has 5 nitrogen and oxygen atoms in total. The Hall–Kier alpha value is -2.53. The quantitative estimate of drug-likeness (QED) is 0.876. The number of hydrogen-bond acceptors (Lipinski definition) is 3. The minimum absolute atomic E-state index is 0.0126. The van der Waals surface area contributed by atoms with Crippen LogP contribution in [0.3, 0.4) is 0 Å². The van der Waals surface area contributed by atoms with Gasteiger partial charge in [0.25, 0.3) is 5.91 Å². The number of carbonyl (C=O) groups excluding carboxylic acids is 2. The third-order valence-electron chi connectivity index (χ3n) is 4.07. The van der Waals surface area contributed by atoms with Crippen molar-refractivity contribution < 1.29 is 14.3 Å². The largest absolute Gasteiger partial charge is 0.482 e. The molecule has 1 heterocycles. The standard InChI is InChI=1S/C20H21ClN2O3/c1-20(2,3)19(25)22-15-7-8-17-16(10-15)23(18(24)12-26-17)11-13-5-4-6-14(21)9-13/h4-10H,11-12H2,1-3H3,(H,22,25). The van der Waals surface area contributed by atoms with Gasteiger partial charge in [-0.15, -0.1) is 0 Å². The van der Waals surface area contributed by atoms with Gasteiger partial charge < -0.3 is 15.0 Å². The Morgan fingerprint density at radius 2 is 2.00 bits per heavy atom. The minimum Gasteiger partial charge on any atom is -0.482 e. The van der Waals surface area contributed by atoms with E-state index >= 15 is 0 Å². The number of anilines is 2. The van der Waals surface area contributed by atoms with E-state index in [1.165, 1.54) is 0 Å². The van der Waals surface area contributed by atoms with Gasteiger partial charge in [0.15, 0.2) is 6.61 Å². The van der Waals surface area contributed by atoms with Crippen molar-refractivity contribution in [1.29, 1.82) is 0 Å². The molecule has 2 amide bonds. The highest BCUT2D eigenvalue weighted by Crippen LogP contribution is 2.36. The monoisotopic (exact) mass is 372 g/mol. The van der Waals surface area contributed by atoms with Gasteiger partial charge in [-0.1, -0.05) is 44.5 Å². The number of fused-ring (bicyclic) bond motifs is 1. The summed E-state index contributed by atoms with van der Waals surface area (Å²) >= 11 is 6.05. The van der Waals surface area contributed by atoms with Gasteiger partial charge in [-0.2, -0.15) is 0 Å². The maximum Gasteiger partial charge on any atom is 0.265 e. The molecule has 0 spiro atoms. The Morgan fingerprint density at radius 1 is 1.23 bits per heavy atom. The summed E-state index contributed by atoms with van der Waals surface area (Å²) in [5, 5.41) is 3.51. The van der Waals surface area contributed by atoms with E-state index in [0.29, 0.717) is 28.7 Å². The van der Waals surface area contributed by atoms with E-state index in [1.807, 2.05) is 39.0 Å². The molecule has 0 aromatic heterocycles. The van der Waals surface area contributed by atoms with E-state index in [9.17, 15) is 9.59 Å². The Morgan fingerprint density at radius 3 is 2.69 bits per heavy atom. The van der Waals surface area contributed by atoms with Crippen molar-refractivity contribution in [1.82, 2.24) is 0 Å². The molecular weight excluding hydrogens is 352 g/mol. The maximum atomic E-state index is 12.4. The number of rotatable bonds is 3. The molecule has 0 unspecified atom stereocenters. The summed E-state index contributed by atoms with van der Waals surface area (Å²) in [6.07, 6.45) is 0. The van der Waals surface area contributed by atoms with Crippen LogP contribution in [0, 0.1) is 5.41 Å². The fourth-order valence-corrected chi connectivity index (χ4v) is 2.80. The highest BCUT2D eigenvalue weighted by molar-refractivity contribution is 6.30. The first-order chi connectivity index (χ1) is 12.2. The number of halogens is 1. The molecule has 0 atom stereocenters. The number of nitrogens with zero attached hydrogens (tertiary/aromatic N) is 1. The molecule has 2 aromatic carbocycles. The van der Waals surface area contributed by atoms with E-state index in [4.69, 9.17) is 16.3 Å². The summed E-state index contributed by atoms with van der Waals surface area (Å²) in [6, 6.07) is 12.7. The summed E-state index contributed by atoms with van der Waals surface area (Å²) in [4.78, 5) is 26.3. The Labute approximate surface area is 157 Å². The third kappa shape index (κ3) is 3.99. The average Bonchev–Trinajstić information content (AvgIpc) is 2.57. The van der Waals surface area contributed by atoms with Crippen molar-refractivity contribution in [3.8, 4) is 5.75 Å². The minimum atomic E-state index is -0.511. The normalized spacial score (nSPS) is 13.8. The third-order valence-corrected chi connectivity index (χ3v) is 4.31. The van der Waals surface area contributed by atoms with Crippen molar-refractivity contribution in [3.05, 3.63) is 53.1 Å². The molecule has 26 heavy (non-hydrogen) atoms. The number of amides is 2. The second kappa shape index (κ2) is 7.00. The van der Waals surface area contributed by atoms with Gasteiger partial charge >= 0.3 is 0 Å². The van der Waals surface area contributed by atoms with Crippen LogP contribution >= 0.6 is 11.6 Å². The molecule has 3 rings (SSSR count). The molecule has 6 heteroatoms. The lowest BCUT2D eigenvalue weighted by molar-refractivity contribution is -0.123. The molecule has 0 fully saturated rings. The number of nitrogens with one attached hydrogen (secondary N) is 1. The van der Waals surface area contributed by atoms with Gasteiger partial charge in [0.1, 0.15) is 5.75 Å². The molecular formula is C20H21ClN2O3. The summed E-state index contributed by atoms with van der Waals surface area (Å²) in [5.74, 6) is 0.374. The zero-order valence-corrected chi connectivity index (χ0v) is 15.8. The first-order valence-corrected chi connectivity index (χ1v) is 8.75. The number of benzene rings is 2. The highest BCUT2D eigenvalue weighted by Gasteiger charge is 2.27. The van der Waals surface area contributed by atoms with E-state index in [0.717, 1.165) is 5.56 Å². The van der Waals surface area contributed by atoms with Crippen molar-refractivity contribution >= 4 is 34.8 Å². The van der Waals surface area contributed by atoms with Crippen LogP contribution in [0.4, 0.5) is 11.4 Å². The van der Waals surface area contributed by atoms with Gasteiger partial charge in [0.05, 0.1) is 12.2 Å². The molecule has 1 aliphatic heterocycles. The first kappa shape index (κ1) is 18.3. The van der Waals surface area contributed by atoms with Crippen LogP contribution in [-0.2, 0) is 16.1 Å². The lowest BCUT2D eigenvalue weighted by Crippen LogP contribution is -2.38. The number of hydrogen-bond donors (Lipinski definition) is 1. The smallest absolute Gasteiger partial charge is 0.265 e. The van der Waals surface area contributed by atoms with E-state index in [2.05, 4.69) is 5.32 Å². The van der Waals surface area contributed by atoms with E-state index < -0.39 is 5.41 Å². The van der Waals surface area contributed by atoms with Crippen molar-refractivity contribution in [2.45, 2.75) is 27.3 Å². The van der Waals surface area contributed by atoms with Crippen LogP contribution in [0.15, 0.2) is 42.5 Å². The van der Waals surface area contributed by atoms with Crippen molar-refractivity contribution in [2.75, 3.05) is 16.8 Å². The number of ether oxygens (including phenoxy) is 1. The summed E-state index contributed by atoms with van der Waals surface area (Å²) in [5.41, 5.74) is 1.66. The van der Waals surface area contributed by atoms with Gasteiger partial charge in [0, 0.05) is 16.1 Å². The topological polar surface area (TPSA) is 58.6 Å². The lowest BCUT2D eigenvalue weighted by Gasteiger charge is -2.30. The maximum absolute atomic E-state index is 12.4. The second-order valence-electron chi connectivity index (χ2n) is 7.29. The van der Waals surface area contributed by atoms with Crippen LogP contribution in [0.1, 0.15) is 26.3 Å². The lowest BCUT2D eigenvalue weighted by atomic mass is 9.95. The second-order valence-corrected chi connectivity index (χ2v) is 7.72. The molecule has 136 valence electrons. The van der Waals surface area contributed by atoms with Gasteiger partial charge in [-0.05, 0) is 35.9 Å². The summed E-state index contributed by atoms with van der Waals surface area (Å²) in [6.45, 7) is 5.91. The predicted molar refractivity (Wildman–Crippen MR) is 103 cm³/mol. The van der Waals surface area contributed by atoms with E-state index in [1.54, 1.807) is 29.2 Å². The summed E-state index contributed by atoms with van der Waals surface area (Å²) < 4.78 is 5.52. The molecule has 0 saturated carbocycles. The fourth-order valence-electron chi connectivity index (χ4n) is 2.59. The van der Waals surface area contributed by atoms with E-state index in [-0.39, 0.29) is 18.4 Å². The van der Waals surface area contributed by atoms with Crippen LogP contribution < -0.4 is 15.0 Å². The van der Waals surface area contributed by atoms with Crippen molar-refractivity contribution in [3.63, 3.8) is 0 Å². The molecule has 1 N–H and O–H groups in total. The zero-order valence-electron chi connectivity index (χ0n) is 15.0. The van der Waals surface area contributed by atoms with Gasteiger partial charge in [-0.25, -0.2) is 0 Å². The first-order valence-electron chi connectivity index (χ1n) is 8.37. The zero-order chi connectivity index (χ0) is 18.9. The van der Waals surface area contributed by atoms with Crippen LogP contribution in [-0.4, -0.2) is 18.4 Å².